The van der Waals surface area contributed by atoms with Gasteiger partial charge in [0.2, 0.25) is 0 Å². The number of carbonyl (C=O) groups excluding carboxylic acids is 1. The quantitative estimate of drug-likeness (QED) is 0.865. The number of carbonyl (C=O) groups is 1. The highest BCUT2D eigenvalue weighted by molar-refractivity contribution is 5.94. The van der Waals surface area contributed by atoms with Gasteiger partial charge in [-0.3, -0.25) is 4.79 Å². The first-order valence-corrected chi connectivity index (χ1v) is 7.70. The van der Waals surface area contributed by atoms with Gasteiger partial charge in [-0.05, 0) is 48.2 Å². The first kappa shape index (κ1) is 14.6. The second-order valence-electron chi connectivity index (χ2n) is 6.11. The van der Waals surface area contributed by atoms with Crippen LogP contribution in [0.1, 0.15) is 33.9 Å². The van der Waals surface area contributed by atoms with E-state index in [1.54, 1.807) is 0 Å². The average Bonchev–Trinajstić information content (AvgIpc) is 2.97. The van der Waals surface area contributed by atoms with Crippen LogP contribution in [-0.2, 0) is 6.42 Å². The van der Waals surface area contributed by atoms with Crippen LogP contribution in [0.15, 0.2) is 48.5 Å². The molecule has 0 unspecified atom stereocenters. The molecule has 0 heterocycles. The summed E-state index contributed by atoms with van der Waals surface area (Å²) in [6.45, 7) is 0. The van der Waals surface area contributed by atoms with E-state index in [0.717, 1.165) is 24.1 Å². The van der Waals surface area contributed by atoms with E-state index in [1.165, 1.54) is 11.1 Å². The Balaban J connectivity index is 1.81. The zero-order chi connectivity index (χ0) is 15.7. The van der Waals surface area contributed by atoms with Crippen LogP contribution in [0.25, 0.3) is 0 Å². The fourth-order valence-electron chi connectivity index (χ4n) is 3.18. The lowest BCUT2D eigenvalue weighted by atomic mass is 10.1. The molecule has 114 valence electrons. The third-order valence-corrected chi connectivity index (χ3v) is 4.52. The van der Waals surface area contributed by atoms with Gasteiger partial charge in [-0.1, -0.05) is 24.3 Å². The van der Waals surface area contributed by atoms with Crippen LogP contribution in [0, 0.1) is 0 Å². The third-order valence-electron chi connectivity index (χ3n) is 4.52. The summed E-state index contributed by atoms with van der Waals surface area (Å²) in [7, 11) is 5.91. The highest BCUT2D eigenvalue weighted by atomic mass is 16.2. The molecular weight excluding hydrogens is 272 g/mol. The zero-order valence-corrected chi connectivity index (χ0v) is 13.4. The molecule has 0 fully saturated rings. The maximum absolute atomic E-state index is 12.7. The molecular formula is C19H22N2O. The highest BCUT2D eigenvalue weighted by Gasteiger charge is 2.28. The molecule has 0 aromatic heterocycles. The van der Waals surface area contributed by atoms with E-state index in [2.05, 4.69) is 24.3 Å². The van der Waals surface area contributed by atoms with E-state index in [1.807, 2.05) is 55.2 Å². The number of hydrogen-bond donors (Lipinski definition) is 0. The summed E-state index contributed by atoms with van der Waals surface area (Å²) < 4.78 is 0. The summed E-state index contributed by atoms with van der Waals surface area (Å²) in [5.74, 6) is 0.0898. The normalized spacial score (nSPS) is 16.2. The molecule has 0 radical (unpaired) electrons. The summed E-state index contributed by atoms with van der Waals surface area (Å²) in [4.78, 5) is 16.7. The number of amides is 1. The van der Waals surface area contributed by atoms with Crippen LogP contribution in [0.4, 0.5) is 5.69 Å². The largest absolute Gasteiger partial charge is 0.378 e. The smallest absolute Gasteiger partial charge is 0.254 e. The van der Waals surface area contributed by atoms with Crippen LogP contribution >= 0.6 is 0 Å². The number of fused-ring (bicyclic) bond motifs is 1. The molecule has 2 aromatic rings. The van der Waals surface area contributed by atoms with Crippen molar-refractivity contribution in [3.05, 3.63) is 65.2 Å². The van der Waals surface area contributed by atoms with E-state index < -0.39 is 0 Å². The first-order valence-electron chi connectivity index (χ1n) is 7.70. The van der Waals surface area contributed by atoms with Crippen LogP contribution in [0.3, 0.4) is 0 Å². The topological polar surface area (TPSA) is 23.6 Å². The molecule has 1 amide bonds. The van der Waals surface area contributed by atoms with Crippen LogP contribution in [0.5, 0.6) is 0 Å². The Morgan fingerprint density at radius 3 is 2.36 bits per heavy atom. The lowest BCUT2D eigenvalue weighted by Crippen LogP contribution is -2.30. The van der Waals surface area contributed by atoms with Crippen molar-refractivity contribution in [2.45, 2.75) is 18.9 Å². The molecule has 1 atom stereocenters. The Hall–Kier alpha value is -2.29. The van der Waals surface area contributed by atoms with Gasteiger partial charge >= 0.3 is 0 Å². The summed E-state index contributed by atoms with van der Waals surface area (Å²) in [6, 6.07) is 16.4. The summed E-state index contributed by atoms with van der Waals surface area (Å²) >= 11 is 0. The average molecular weight is 294 g/mol. The van der Waals surface area contributed by atoms with Gasteiger partial charge in [0, 0.05) is 32.4 Å². The molecule has 0 saturated heterocycles. The summed E-state index contributed by atoms with van der Waals surface area (Å²) in [6.07, 6.45) is 2.06. The number of hydrogen-bond acceptors (Lipinski definition) is 2. The van der Waals surface area contributed by atoms with Crippen LogP contribution < -0.4 is 4.90 Å². The minimum Gasteiger partial charge on any atom is -0.378 e. The fraction of sp³-hybridized carbons (Fsp3) is 0.316. The number of aryl methyl sites for hydroxylation is 1. The standard InChI is InChI=1S/C19H22N2O/c1-20(2)16-11-8-15(9-12-16)19(22)21(3)18-13-10-14-6-4-5-7-17(14)18/h4-9,11-12,18H,10,13H2,1-3H3/t18-/m1/s1. The molecule has 0 spiro atoms. The SMILES string of the molecule is CN(C)c1ccc(C(=O)N(C)[C@@H]2CCc3ccccc32)cc1. The van der Waals surface area contributed by atoms with E-state index in [9.17, 15) is 4.79 Å². The van der Waals surface area contributed by atoms with Gasteiger partial charge in [-0.15, -0.1) is 0 Å². The van der Waals surface area contributed by atoms with Gasteiger partial charge in [-0.25, -0.2) is 0 Å². The maximum atomic E-state index is 12.7. The predicted molar refractivity (Wildman–Crippen MR) is 90.4 cm³/mol. The van der Waals surface area contributed by atoms with E-state index in [-0.39, 0.29) is 11.9 Å². The van der Waals surface area contributed by atoms with Crippen molar-refractivity contribution in [3.8, 4) is 0 Å². The number of anilines is 1. The van der Waals surface area contributed by atoms with E-state index in [0.29, 0.717) is 0 Å². The van der Waals surface area contributed by atoms with Crippen molar-refractivity contribution in [2.24, 2.45) is 0 Å². The molecule has 3 nitrogen and oxygen atoms in total. The lowest BCUT2D eigenvalue weighted by molar-refractivity contribution is 0.0730. The second kappa shape index (κ2) is 5.84. The van der Waals surface area contributed by atoms with E-state index >= 15 is 0 Å². The van der Waals surface area contributed by atoms with Crippen molar-refractivity contribution in [1.82, 2.24) is 4.90 Å². The molecule has 1 aliphatic rings. The second-order valence-corrected chi connectivity index (χ2v) is 6.11. The molecule has 0 bridgehead atoms. The minimum atomic E-state index is 0.0898. The third kappa shape index (κ3) is 2.59. The Bertz CT molecular complexity index is 676. The first-order chi connectivity index (χ1) is 10.6. The fourth-order valence-corrected chi connectivity index (χ4v) is 3.18. The molecule has 0 aliphatic heterocycles. The molecule has 3 rings (SSSR count). The van der Waals surface area contributed by atoms with Gasteiger partial charge < -0.3 is 9.80 Å². The lowest BCUT2D eigenvalue weighted by Gasteiger charge is -2.26. The molecule has 2 aromatic carbocycles. The molecule has 0 saturated carbocycles. The van der Waals surface area contributed by atoms with Crippen molar-refractivity contribution in [3.63, 3.8) is 0 Å². The zero-order valence-electron chi connectivity index (χ0n) is 13.4. The van der Waals surface area contributed by atoms with Crippen molar-refractivity contribution in [1.29, 1.82) is 0 Å². The Morgan fingerprint density at radius 2 is 1.68 bits per heavy atom. The highest BCUT2D eigenvalue weighted by Crippen LogP contribution is 2.35. The van der Waals surface area contributed by atoms with Gasteiger partial charge in [0.05, 0.1) is 6.04 Å². The molecule has 3 heteroatoms. The summed E-state index contributed by atoms with van der Waals surface area (Å²) in [5.41, 5.74) is 4.52. The van der Waals surface area contributed by atoms with Crippen molar-refractivity contribution < 1.29 is 4.79 Å². The van der Waals surface area contributed by atoms with E-state index in [4.69, 9.17) is 0 Å². The van der Waals surface area contributed by atoms with Gasteiger partial charge in [0.25, 0.3) is 5.91 Å². The van der Waals surface area contributed by atoms with Crippen LogP contribution in [-0.4, -0.2) is 32.0 Å². The predicted octanol–water partition coefficient (Wildman–Crippen LogP) is 3.51. The number of benzene rings is 2. The monoisotopic (exact) mass is 294 g/mol. The number of rotatable bonds is 3. The Kier molecular flexibility index (Phi) is 3.88. The van der Waals surface area contributed by atoms with Crippen molar-refractivity contribution in [2.75, 3.05) is 26.0 Å². The number of nitrogens with zero attached hydrogens (tertiary/aromatic N) is 2. The van der Waals surface area contributed by atoms with Gasteiger partial charge in [-0.2, -0.15) is 0 Å². The molecule has 0 N–H and O–H groups in total. The maximum Gasteiger partial charge on any atom is 0.254 e. The van der Waals surface area contributed by atoms with Gasteiger partial charge in [0.15, 0.2) is 0 Å². The Labute approximate surface area is 132 Å². The molecule has 22 heavy (non-hydrogen) atoms. The van der Waals surface area contributed by atoms with Crippen LogP contribution in [0.2, 0.25) is 0 Å². The minimum absolute atomic E-state index is 0.0898. The molecule has 1 aliphatic carbocycles. The summed E-state index contributed by atoms with van der Waals surface area (Å²) in [5, 5.41) is 0. The van der Waals surface area contributed by atoms with Crippen molar-refractivity contribution >= 4 is 11.6 Å². The van der Waals surface area contributed by atoms with Gasteiger partial charge in [0.1, 0.15) is 0 Å². The Morgan fingerprint density at radius 1 is 1.00 bits per heavy atom.